The van der Waals surface area contributed by atoms with Gasteiger partial charge in [0.25, 0.3) is 0 Å². The maximum Gasteiger partial charge on any atom is 0.0645 e. The van der Waals surface area contributed by atoms with Gasteiger partial charge in [-0.2, -0.15) is 0 Å². The molecule has 0 unspecified atom stereocenters. The zero-order valence-corrected chi connectivity index (χ0v) is 12.4. The fraction of sp³-hybridized carbons (Fsp3) is 0. The first kappa shape index (κ1) is 9.86. The monoisotopic (exact) mass is 299 g/mol. The summed E-state index contributed by atoms with van der Waals surface area (Å²) in [5, 5.41) is 4.93. The van der Waals surface area contributed by atoms with Gasteiger partial charge in [-0.3, -0.25) is 0 Å². The van der Waals surface area contributed by atoms with Crippen molar-refractivity contribution in [1.29, 1.82) is 0 Å². The Labute approximate surface area is 141 Å². The summed E-state index contributed by atoms with van der Waals surface area (Å²) >= 11 is 0. The topological polar surface area (TPSA) is 12.0 Å². The normalized spacial score (nSPS) is 13.0. The third-order valence-corrected chi connectivity index (χ3v) is 3.73. The summed E-state index contributed by atoms with van der Waals surface area (Å²) in [4.78, 5) is 0. The third-order valence-electron chi connectivity index (χ3n) is 3.73. The van der Waals surface area contributed by atoms with E-state index >= 15 is 0 Å². The lowest BCUT2D eigenvalue weighted by molar-refractivity contribution is 1.55. The van der Waals surface area contributed by atoms with Gasteiger partial charge in [0.2, 0.25) is 0 Å². The predicted molar refractivity (Wildman–Crippen MR) is 99.1 cm³/mol. The minimum atomic E-state index is -0.0808. The smallest absolute Gasteiger partial charge is 0.0645 e. The van der Waals surface area contributed by atoms with Crippen LogP contribution in [-0.4, -0.2) is 0 Å². The molecule has 0 saturated heterocycles. The summed E-state index contributed by atoms with van der Waals surface area (Å²) in [6, 6.07) is 22.4. The molecule has 1 nitrogen and oxygen atoms in total. The van der Waals surface area contributed by atoms with Crippen LogP contribution in [-0.2, 0) is 0 Å². The number of rotatable bonds is 3. The summed E-state index contributed by atoms with van der Waals surface area (Å²) in [7, 11) is 0. The zero-order chi connectivity index (χ0) is 19.0. The summed E-state index contributed by atoms with van der Waals surface area (Å²) in [6.07, 6.45) is 0. The van der Waals surface area contributed by atoms with Crippen molar-refractivity contribution in [2.24, 2.45) is 0 Å². The highest BCUT2D eigenvalue weighted by molar-refractivity contribution is 5.96. The van der Waals surface area contributed by atoms with Crippen LogP contribution < -0.4 is 5.32 Å². The lowest BCUT2D eigenvalue weighted by Crippen LogP contribution is -1.89. The Bertz CT molecular complexity index is 1110. The maximum absolute atomic E-state index is 8.52. The second-order valence-electron chi connectivity index (χ2n) is 5.27. The van der Waals surface area contributed by atoms with E-state index in [0.29, 0.717) is 11.1 Å². The molecule has 23 heavy (non-hydrogen) atoms. The second kappa shape index (κ2) is 5.98. The van der Waals surface area contributed by atoms with Crippen LogP contribution in [0.1, 0.15) is 5.48 Å². The fourth-order valence-electron chi connectivity index (χ4n) is 2.62. The number of benzene rings is 4. The quantitative estimate of drug-likeness (QED) is 0.471. The van der Waals surface area contributed by atoms with Crippen LogP contribution >= 0.6 is 0 Å². The number of nitrogens with one attached hydrogen (secondary N) is 1. The van der Waals surface area contributed by atoms with E-state index in [1.54, 1.807) is 0 Å². The van der Waals surface area contributed by atoms with Crippen molar-refractivity contribution in [3.05, 3.63) is 97.0 Å². The molecule has 0 spiro atoms. The molecule has 1 heteroatoms. The van der Waals surface area contributed by atoms with Gasteiger partial charge >= 0.3 is 0 Å². The number of para-hydroxylation sites is 1. The van der Waals surface area contributed by atoms with Gasteiger partial charge in [-0.05, 0) is 46.1 Å². The summed E-state index contributed by atoms with van der Waals surface area (Å²) in [5.74, 6) is 0. The van der Waals surface area contributed by atoms with Crippen LogP contribution in [0, 0.1) is 0 Å². The molecule has 4 rings (SSSR count). The van der Waals surface area contributed by atoms with Crippen LogP contribution in [0.3, 0.4) is 0 Å². The van der Waals surface area contributed by atoms with Gasteiger partial charge in [0.1, 0.15) is 0 Å². The molecule has 4 aromatic carbocycles. The van der Waals surface area contributed by atoms with Crippen molar-refractivity contribution in [2.75, 3.05) is 5.32 Å². The van der Waals surface area contributed by atoms with Gasteiger partial charge in [-0.15, -0.1) is 0 Å². The van der Waals surface area contributed by atoms with Crippen molar-refractivity contribution < 1.29 is 5.48 Å². The Hall–Kier alpha value is -3.06. The van der Waals surface area contributed by atoms with Crippen molar-refractivity contribution >= 4 is 22.1 Å². The van der Waals surface area contributed by atoms with Gasteiger partial charge < -0.3 is 5.32 Å². The Kier molecular flexibility index (Phi) is 2.56. The Morgan fingerprint density at radius 2 is 1.30 bits per heavy atom. The van der Waals surface area contributed by atoms with E-state index in [-0.39, 0.29) is 29.9 Å². The summed E-state index contributed by atoms with van der Waals surface area (Å²) in [5.41, 5.74) is 1.92. The molecule has 4 aromatic rings. The average Bonchev–Trinajstić information content (AvgIpc) is 2.71. The molecular formula is C22H17N. The minimum Gasteiger partial charge on any atom is -0.356 e. The summed E-state index contributed by atoms with van der Waals surface area (Å²) < 4.78 is 33.9. The van der Waals surface area contributed by atoms with E-state index in [0.717, 1.165) is 16.5 Å². The Morgan fingerprint density at radius 1 is 0.609 bits per heavy atom. The molecule has 0 aromatic heterocycles. The highest BCUT2D eigenvalue weighted by Gasteiger charge is 2.03. The van der Waals surface area contributed by atoms with Crippen LogP contribution in [0.5, 0.6) is 0 Å². The molecular weight excluding hydrogens is 278 g/mol. The van der Waals surface area contributed by atoms with Gasteiger partial charge in [0, 0.05) is 11.4 Å². The average molecular weight is 299 g/mol. The molecule has 0 saturated carbocycles. The molecule has 0 atom stereocenters. The molecule has 0 bridgehead atoms. The first-order valence-electron chi connectivity index (χ1n) is 9.48. The van der Waals surface area contributed by atoms with Crippen molar-refractivity contribution in [3.63, 3.8) is 0 Å². The molecule has 0 aliphatic heterocycles. The zero-order valence-electron chi connectivity index (χ0n) is 16.4. The van der Waals surface area contributed by atoms with Gasteiger partial charge in [-0.25, -0.2) is 0 Å². The van der Waals surface area contributed by atoms with E-state index in [1.807, 2.05) is 72.8 Å². The molecule has 0 aliphatic rings. The lowest BCUT2D eigenvalue weighted by atomic mass is 9.98. The van der Waals surface area contributed by atoms with Crippen LogP contribution in [0.25, 0.3) is 21.9 Å². The minimum absolute atomic E-state index is 0.0502. The van der Waals surface area contributed by atoms with Crippen LogP contribution in [0.2, 0.25) is 0 Å². The lowest BCUT2D eigenvalue weighted by Gasteiger charge is -2.09. The van der Waals surface area contributed by atoms with Gasteiger partial charge in [-0.1, -0.05) is 72.7 Å². The highest BCUT2D eigenvalue weighted by atomic mass is 14.9. The van der Waals surface area contributed by atoms with Crippen LogP contribution in [0.4, 0.5) is 11.4 Å². The van der Waals surface area contributed by atoms with Crippen LogP contribution in [0.15, 0.2) is 97.0 Å². The number of fused-ring (bicyclic) bond motifs is 1. The van der Waals surface area contributed by atoms with E-state index in [9.17, 15) is 0 Å². The molecule has 0 aliphatic carbocycles. The molecule has 1 N–H and O–H groups in total. The SMILES string of the molecule is [2H]c1c([2H])c(-c2cccc3ccccc23)c([2H])c([2H])c1Nc1ccccc1. The van der Waals surface area contributed by atoms with E-state index in [1.165, 1.54) is 0 Å². The first-order valence-corrected chi connectivity index (χ1v) is 7.48. The molecule has 110 valence electrons. The molecule has 0 radical (unpaired) electrons. The maximum atomic E-state index is 8.52. The number of hydrogen-bond acceptors (Lipinski definition) is 1. The number of hydrogen-bond donors (Lipinski definition) is 1. The van der Waals surface area contributed by atoms with Gasteiger partial charge in [0.05, 0.1) is 5.48 Å². The standard InChI is InChI=1S/C22H17N/c1-2-9-19(10-3-1)23-20-15-13-18(14-16-20)22-12-6-8-17-7-4-5-11-21(17)22/h1-16,23H/i13D,14D,15D,16D. The van der Waals surface area contributed by atoms with Crippen molar-refractivity contribution in [2.45, 2.75) is 0 Å². The summed E-state index contributed by atoms with van der Waals surface area (Å²) in [6.45, 7) is 0. The van der Waals surface area contributed by atoms with Crippen molar-refractivity contribution in [1.82, 2.24) is 0 Å². The third kappa shape index (κ3) is 2.82. The van der Waals surface area contributed by atoms with E-state index in [2.05, 4.69) is 5.32 Å². The molecule has 0 amide bonds. The Morgan fingerprint density at radius 3 is 2.13 bits per heavy atom. The van der Waals surface area contributed by atoms with E-state index in [4.69, 9.17) is 5.48 Å². The van der Waals surface area contributed by atoms with Gasteiger partial charge in [0.15, 0.2) is 0 Å². The Balaban J connectivity index is 1.93. The van der Waals surface area contributed by atoms with E-state index < -0.39 is 0 Å². The van der Waals surface area contributed by atoms with Crippen molar-refractivity contribution in [3.8, 4) is 11.1 Å². The molecule has 0 heterocycles. The first-order chi connectivity index (χ1) is 13.1. The highest BCUT2D eigenvalue weighted by Crippen LogP contribution is 2.29. The fourth-order valence-corrected chi connectivity index (χ4v) is 2.62. The molecule has 0 fully saturated rings. The number of anilines is 2. The predicted octanol–water partition coefficient (Wildman–Crippen LogP) is 6.25. The second-order valence-corrected chi connectivity index (χ2v) is 5.27. The largest absolute Gasteiger partial charge is 0.356 e.